The van der Waals surface area contributed by atoms with Gasteiger partial charge < -0.3 is 0 Å². The van der Waals surface area contributed by atoms with Gasteiger partial charge in [-0.1, -0.05) is 22.0 Å². The van der Waals surface area contributed by atoms with Crippen LogP contribution in [0.25, 0.3) is 0 Å². The summed E-state index contributed by atoms with van der Waals surface area (Å²) in [5, 5.41) is 0.568. The maximum absolute atomic E-state index is 13.2. The molecule has 0 aliphatic rings. The van der Waals surface area contributed by atoms with Crippen LogP contribution >= 0.6 is 15.9 Å². The summed E-state index contributed by atoms with van der Waals surface area (Å²) in [6.07, 6.45) is -4.56. The van der Waals surface area contributed by atoms with Crippen LogP contribution in [0.4, 0.5) is 17.6 Å². The van der Waals surface area contributed by atoms with E-state index in [2.05, 4.69) is 15.9 Å². The fourth-order valence-corrected chi connectivity index (χ4v) is 1.62. The van der Waals surface area contributed by atoms with Crippen molar-refractivity contribution in [3.8, 4) is 0 Å². The molecule has 1 aromatic rings. The van der Waals surface area contributed by atoms with Crippen LogP contribution in [0, 0.1) is 5.82 Å². The monoisotopic (exact) mass is 298 g/mol. The number of hydrogen-bond donors (Lipinski definition) is 0. The Morgan fingerprint density at radius 3 is 2.38 bits per heavy atom. The van der Waals surface area contributed by atoms with Crippen molar-refractivity contribution in [3.05, 3.63) is 35.1 Å². The van der Waals surface area contributed by atoms with Gasteiger partial charge in [0.25, 0.3) is 5.78 Å². The van der Waals surface area contributed by atoms with E-state index in [1.54, 1.807) is 0 Å². The first kappa shape index (κ1) is 13.2. The zero-order valence-electron chi connectivity index (χ0n) is 7.94. The third kappa shape index (κ3) is 3.04. The molecule has 0 spiro atoms. The minimum atomic E-state index is -5.04. The molecule has 0 aliphatic heterocycles. The van der Waals surface area contributed by atoms with Gasteiger partial charge in [-0.25, -0.2) is 4.39 Å². The molecule has 88 valence electrons. The van der Waals surface area contributed by atoms with Crippen molar-refractivity contribution >= 4 is 21.7 Å². The summed E-state index contributed by atoms with van der Waals surface area (Å²) in [5.74, 6) is -3.30. The second kappa shape index (κ2) is 4.95. The van der Waals surface area contributed by atoms with Gasteiger partial charge in [-0.3, -0.25) is 4.79 Å². The molecular formula is C10H7BrF4O. The number of rotatable bonds is 3. The number of carbonyl (C=O) groups excluding carboxylic acids is 1. The van der Waals surface area contributed by atoms with Crippen LogP contribution in [0.1, 0.15) is 15.9 Å². The zero-order valence-corrected chi connectivity index (χ0v) is 9.53. The number of benzene rings is 1. The lowest BCUT2D eigenvalue weighted by Crippen LogP contribution is -2.23. The van der Waals surface area contributed by atoms with E-state index >= 15 is 0 Å². The summed E-state index contributed by atoms with van der Waals surface area (Å²) in [4.78, 5) is 10.8. The van der Waals surface area contributed by atoms with Gasteiger partial charge in [0, 0.05) is 5.33 Å². The fourth-order valence-electron chi connectivity index (χ4n) is 1.16. The normalized spacial score (nSPS) is 11.6. The van der Waals surface area contributed by atoms with E-state index < -0.39 is 23.3 Å². The average Bonchev–Trinajstić information content (AvgIpc) is 2.16. The van der Waals surface area contributed by atoms with Crippen LogP contribution in [0.3, 0.4) is 0 Å². The topological polar surface area (TPSA) is 17.1 Å². The highest BCUT2D eigenvalue weighted by atomic mass is 79.9. The minimum Gasteiger partial charge on any atom is -0.284 e. The predicted molar refractivity (Wildman–Crippen MR) is 54.3 cm³/mol. The molecule has 16 heavy (non-hydrogen) atoms. The van der Waals surface area contributed by atoms with Gasteiger partial charge in [0.05, 0.1) is 5.56 Å². The molecule has 0 aromatic heterocycles. The van der Waals surface area contributed by atoms with Gasteiger partial charge in [-0.05, 0) is 24.1 Å². The highest BCUT2D eigenvalue weighted by Crippen LogP contribution is 2.23. The van der Waals surface area contributed by atoms with Gasteiger partial charge in [0.15, 0.2) is 0 Å². The zero-order chi connectivity index (χ0) is 12.3. The number of Topliss-reactive ketones (excluding diaryl/α,β-unsaturated/α-hetero) is 1. The van der Waals surface area contributed by atoms with Crippen LogP contribution in [-0.4, -0.2) is 17.3 Å². The number of aryl methyl sites for hydroxylation is 1. The van der Waals surface area contributed by atoms with Crippen molar-refractivity contribution in [2.24, 2.45) is 0 Å². The van der Waals surface area contributed by atoms with Crippen LogP contribution in [0.2, 0.25) is 0 Å². The summed E-state index contributed by atoms with van der Waals surface area (Å²) in [7, 11) is 0. The third-order valence-electron chi connectivity index (χ3n) is 1.92. The standard InChI is InChI=1S/C10H7BrF4O/c11-4-3-6-1-2-7(8(12)5-6)9(16)10(13,14)15/h1-2,5H,3-4H2. The highest BCUT2D eigenvalue weighted by molar-refractivity contribution is 9.09. The van der Waals surface area contributed by atoms with Gasteiger partial charge in [-0.2, -0.15) is 13.2 Å². The molecule has 0 unspecified atom stereocenters. The first-order chi connectivity index (χ1) is 7.36. The summed E-state index contributed by atoms with van der Waals surface area (Å²) in [6, 6.07) is 3.12. The van der Waals surface area contributed by atoms with Gasteiger partial charge in [-0.15, -0.1) is 0 Å². The predicted octanol–water partition coefficient (Wildman–Crippen LogP) is 3.51. The molecule has 1 rings (SSSR count). The van der Waals surface area contributed by atoms with E-state index in [1.807, 2.05) is 0 Å². The first-order valence-corrected chi connectivity index (χ1v) is 5.44. The smallest absolute Gasteiger partial charge is 0.284 e. The Labute approximate surface area is 97.6 Å². The molecule has 0 N–H and O–H groups in total. The number of halogens is 5. The summed E-state index contributed by atoms with van der Waals surface area (Å²) < 4.78 is 49.3. The molecular weight excluding hydrogens is 292 g/mol. The van der Waals surface area contributed by atoms with Crippen molar-refractivity contribution in [2.75, 3.05) is 5.33 Å². The molecule has 0 amide bonds. The van der Waals surface area contributed by atoms with E-state index in [0.29, 0.717) is 17.3 Å². The Hall–Kier alpha value is -0.910. The maximum atomic E-state index is 13.2. The van der Waals surface area contributed by atoms with Crippen molar-refractivity contribution < 1.29 is 22.4 Å². The maximum Gasteiger partial charge on any atom is 0.454 e. The van der Waals surface area contributed by atoms with E-state index in [4.69, 9.17) is 0 Å². The number of ketones is 1. The lowest BCUT2D eigenvalue weighted by Gasteiger charge is -2.07. The highest BCUT2D eigenvalue weighted by Gasteiger charge is 2.40. The van der Waals surface area contributed by atoms with Crippen LogP contribution in [0.15, 0.2) is 18.2 Å². The van der Waals surface area contributed by atoms with Crippen LogP contribution < -0.4 is 0 Å². The van der Waals surface area contributed by atoms with Crippen molar-refractivity contribution in [1.29, 1.82) is 0 Å². The number of alkyl halides is 4. The molecule has 0 atom stereocenters. The lowest BCUT2D eigenvalue weighted by atomic mass is 10.1. The molecule has 0 bridgehead atoms. The summed E-state index contributed by atoms with van der Waals surface area (Å²) in [5.41, 5.74) is -0.404. The van der Waals surface area contributed by atoms with Gasteiger partial charge in [0.2, 0.25) is 0 Å². The second-order valence-corrected chi connectivity index (χ2v) is 3.87. The Balaban J connectivity index is 3.04. The quantitative estimate of drug-likeness (QED) is 0.474. The van der Waals surface area contributed by atoms with E-state index in [0.717, 1.165) is 12.1 Å². The molecule has 0 heterocycles. The Kier molecular flexibility index (Phi) is 4.07. The van der Waals surface area contributed by atoms with E-state index in [-0.39, 0.29) is 0 Å². The van der Waals surface area contributed by atoms with Gasteiger partial charge in [0.1, 0.15) is 5.82 Å². The molecule has 0 saturated carbocycles. The number of carbonyl (C=O) groups is 1. The van der Waals surface area contributed by atoms with E-state index in [9.17, 15) is 22.4 Å². The third-order valence-corrected chi connectivity index (χ3v) is 2.32. The van der Waals surface area contributed by atoms with Crippen LogP contribution in [0.5, 0.6) is 0 Å². The molecule has 0 saturated heterocycles. The Bertz CT molecular complexity index is 400. The Morgan fingerprint density at radius 1 is 1.31 bits per heavy atom. The minimum absolute atomic E-state index is 0.484. The molecule has 1 nitrogen and oxygen atoms in total. The molecule has 0 radical (unpaired) electrons. The van der Waals surface area contributed by atoms with Crippen molar-refractivity contribution in [2.45, 2.75) is 12.6 Å². The molecule has 6 heteroatoms. The fraction of sp³-hybridized carbons (Fsp3) is 0.300. The molecule has 1 aromatic carbocycles. The second-order valence-electron chi connectivity index (χ2n) is 3.08. The Morgan fingerprint density at radius 2 is 1.94 bits per heavy atom. The van der Waals surface area contributed by atoms with E-state index in [1.165, 1.54) is 6.07 Å². The molecule has 0 aliphatic carbocycles. The van der Waals surface area contributed by atoms with Crippen molar-refractivity contribution in [3.63, 3.8) is 0 Å². The SMILES string of the molecule is O=C(c1ccc(CCBr)cc1F)C(F)(F)F. The number of hydrogen-bond acceptors (Lipinski definition) is 1. The summed E-state index contributed by atoms with van der Waals surface area (Å²) >= 11 is 3.12. The largest absolute Gasteiger partial charge is 0.454 e. The molecule has 0 fully saturated rings. The average molecular weight is 299 g/mol. The van der Waals surface area contributed by atoms with Crippen LogP contribution in [-0.2, 0) is 6.42 Å². The summed E-state index contributed by atoms with van der Waals surface area (Å²) in [6.45, 7) is 0. The first-order valence-electron chi connectivity index (χ1n) is 4.32. The lowest BCUT2D eigenvalue weighted by molar-refractivity contribution is -0.0887. The van der Waals surface area contributed by atoms with Crippen molar-refractivity contribution in [1.82, 2.24) is 0 Å². The van der Waals surface area contributed by atoms with Gasteiger partial charge >= 0.3 is 6.18 Å².